The van der Waals surface area contributed by atoms with Crippen LogP contribution in [0.25, 0.3) is 0 Å². The van der Waals surface area contributed by atoms with Gasteiger partial charge in [0, 0.05) is 22.4 Å². The molecular weight excluding hydrogens is 392 g/mol. The molecule has 7 nitrogen and oxygen atoms in total. The number of methoxy groups -OCH3 is 1. The van der Waals surface area contributed by atoms with Gasteiger partial charge in [-0.25, -0.2) is 0 Å². The minimum atomic E-state index is -0.471. The molecule has 9 heteroatoms. The van der Waals surface area contributed by atoms with E-state index >= 15 is 0 Å². The second-order valence-electron chi connectivity index (χ2n) is 5.81. The fourth-order valence-electron chi connectivity index (χ4n) is 2.25. The minimum absolute atomic E-state index is 0.126. The smallest absolute Gasteiger partial charge is 0.316 e. The van der Waals surface area contributed by atoms with Crippen molar-refractivity contribution >= 4 is 40.9 Å². The Kier molecular flexibility index (Phi) is 7.55. The molecule has 0 spiro atoms. The van der Waals surface area contributed by atoms with Crippen molar-refractivity contribution < 1.29 is 23.6 Å². The van der Waals surface area contributed by atoms with Crippen molar-refractivity contribution in [1.82, 2.24) is 5.16 Å². The molecule has 1 amide bonds. The maximum atomic E-state index is 12.0. The monoisotopic (exact) mass is 412 g/mol. The van der Waals surface area contributed by atoms with Gasteiger partial charge >= 0.3 is 5.97 Å². The van der Waals surface area contributed by atoms with Crippen LogP contribution in [-0.2, 0) is 20.1 Å². The average molecular weight is 413 g/mol. The number of carbonyl (C=O) groups excluding carboxylic acids is 2. The fourth-order valence-corrected chi connectivity index (χ4v) is 3.37. The lowest BCUT2D eigenvalue weighted by molar-refractivity contribution is -0.144. The summed E-state index contributed by atoms with van der Waals surface area (Å²) in [7, 11) is 1.48. The topological polar surface area (TPSA) is 90.7 Å². The Bertz CT molecular complexity index is 818. The van der Waals surface area contributed by atoms with E-state index in [4.69, 9.17) is 25.6 Å². The van der Waals surface area contributed by atoms with Gasteiger partial charge in [-0.2, -0.15) is 0 Å². The Morgan fingerprint density at radius 3 is 2.67 bits per heavy atom. The van der Waals surface area contributed by atoms with E-state index in [2.05, 4.69) is 10.5 Å². The van der Waals surface area contributed by atoms with E-state index < -0.39 is 11.9 Å². The molecule has 27 heavy (non-hydrogen) atoms. The summed E-state index contributed by atoms with van der Waals surface area (Å²) in [4.78, 5) is 23.8. The molecule has 1 aromatic carbocycles. The second kappa shape index (κ2) is 9.66. The Morgan fingerprint density at radius 1 is 1.30 bits per heavy atom. The molecule has 0 saturated carbocycles. The zero-order valence-corrected chi connectivity index (χ0v) is 17.1. The Hall–Kier alpha value is -2.19. The van der Waals surface area contributed by atoms with Gasteiger partial charge in [-0.05, 0) is 32.4 Å². The number of anilines is 1. The number of thioether (sulfide) groups is 1. The molecule has 0 radical (unpaired) electrons. The van der Waals surface area contributed by atoms with E-state index in [0.29, 0.717) is 22.2 Å². The summed E-state index contributed by atoms with van der Waals surface area (Å²) in [6.07, 6.45) is 0. The molecule has 0 aliphatic rings. The van der Waals surface area contributed by atoms with Crippen molar-refractivity contribution in [2.24, 2.45) is 0 Å². The van der Waals surface area contributed by atoms with Crippen molar-refractivity contribution in [2.45, 2.75) is 26.5 Å². The van der Waals surface area contributed by atoms with Crippen molar-refractivity contribution in [2.75, 3.05) is 24.8 Å². The largest absolute Gasteiger partial charge is 0.495 e. The van der Waals surface area contributed by atoms with Gasteiger partial charge in [-0.15, -0.1) is 11.8 Å². The van der Waals surface area contributed by atoms with E-state index in [1.807, 2.05) is 20.8 Å². The van der Waals surface area contributed by atoms with E-state index in [-0.39, 0.29) is 12.4 Å². The van der Waals surface area contributed by atoms with Crippen molar-refractivity contribution in [3.05, 3.63) is 39.7 Å². The molecule has 1 N–H and O–H groups in total. The molecule has 1 heterocycles. The van der Waals surface area contributed by atoms with Crippen molar-refractivity contribution in [3.63, 3.8) is 0 Å². The number of benzene rings is 1. The molecular formula is C18H21ClN2O5S. The number of hydrogen-bond donors (Lipinski definition) is 1. The highest BCUT2D eigenvalue weighted by atomic mass is 35.5. The van der Waals surface area contributed by atoms with Crippen LogP contribution in [0, 0.1) is 20.8 Å². The molecule has 0 aliphatic heterocycles. The number of rotatable bonds is 8. The zero-order chi connectivity index (χ0) is 20.0. The Balaban J connectivity index is 1.78. The SMILES string of the molecule is COc1cc(Cl)c(C)cc1NC(=O)COC(=O)CSCc1c(C)noc1C. The number of nitrogens with zero attached hydrogens (tertiary/aromatic N) is 1. The summed E-state index contributed by atoms with van der Waals surface area (Å²) in [6.45, 7) is 5.11. The lowest BCUT2D eigenvalue weighted by Crippen LogP contribution is -2.22. The quantitative estimate of drug-likeness (QED) is 0.661. The molecule has 0 unspecified atom stereocenters. The van der Waals surface area contributed by atoms with Gasteiger partial charge in [0.25, 0.3) is 5.91 Å². The van der Waals surface area contributed by atoms with Gasteiger partial charge in [0.2, 0.25) is 0 Å². The van der Waals surface area contributed by atoms with Crippen LogP contribution in [0.3, 0.4) is 0 Å². The summed E-state index contributed by atoms with van der Waals surface area (Å²) in [5.41, 5.74) is 3.03. The number of aryl methyl sites for hydroxylation is 3. The summed E-state index contributed by atoms with van der Waals surface area (Å²) >= 11 is 7.41. The number of nitrogens with one attached hydrogen (secondary N) is 1. The Morgan fingerprint density at radius 2 is 2.04 bits per heavy atom. The minimum Gasteiger partial charge on any atom is -0.495 e. The van der Waals surface area contributed by atoms with E-state index in [1.54, 1.807) is 12.1 Å². The van der Waals surface area contributed by atoms with Crippen LogP contribution in [0.15, 0.2) is 16.7 Å². The van der Waals surface area contributed by atoms with Gasteiger partial charge in [0.15, 0.2) is 6.61 Å². The molecule has 146 valence electrons. The summed E-state index contributed by atoms with van der Waals surface area (Å²) in [5.74, 6) is 0.949. The van der Waals surface area contributed by atoms with Gasteiger partial charge in [-0.1, -0.05) is 16.8 Å². The highest BCUT2D eigenvalue weighted by Crippen LogP contribution is 2.30. The van der Waals surface area contributed by atoms with Gasteiger partial charge in [0.1, 0.15) is 11.5 Å². The normalized spacial score (nSPS) is 10.6. The summed E-state index contributed by atoms with van der Waals surface area (Å²) in [5, 5.41) is 7.05. The van der Waals surface area contributed by atoms with E-state index in [0.717, 1.165) is 22.6 Å². The Labute approximate surface area is 166 Å². The molecule has 0 bridgehead atoms. The number of hydrogen-bond acceptors (Lipinski definition) is 7. The lowest BCUT2D eigenvalue weighted by atomic mass is 10.2. The van der Waals surface area contributed by atoms with Crippen LogP contribution < -0.4 is 10.1 Å². The maximum Gasteiger partial charge on any atom is 0.316 e. The number of ether oxygens (including phenoxy) is 2. The summed E-state index contributed by atoms with van der Waals surface area (Å²) < 4.78 is 15.3. The molecule has 2 rings (SSSR count). The first kappa shape index (κ1) is 21.1. The van der Waals surface area contributed by atoms with Gasteiger partial charge in [0.05, 0.1) is 24.2 Å². The fraction of sp³-hybridized carbons (Fsp3) is 0.389. The first-order valence-electron chi connectivity index (χ1n) is 8.11. The molecule has 1 aromatic heterocycles. The average Bonchev–Trinajstić information content (AvgIpc) is 2.94. The number of amides is 1. The molecule has 2 aromatic rings. The second-order valence-corrected chi connectivity index (χ2v) is 7.20. The zero-order valence-electron chi connectivity index (χ0n) is 15.6. The van der Waals surface area contributed by atoms with Crippen LogP contribution in [0.5, 0.6) is 5.75 Å². The van der Waals surface area contributed by atoms with E-state index in [9.17, 15) is 9.59 Å². The number of aromatic nitrogens is 1. The van der Waals surface area contributed by atoms with E-state index in [1.165, 1.54) is 18.9 Å². The highest BCUT2D eigenvalue weighted by Gasteiger charge is 2.14. The van der Waals surface area contributed by atoms with Crippen LogP contribution >= 0.6 is 23.4 Å². The lowest BCUT2D eigenvalue weighted by Gasteiger charge is -2.12. The molecule has 0 fully saturated rings. The number of carbonyl (C=O) groups is 2. The molecule has 0 aliphatic carbocycles. The predicted molar refractivity (Wildman–Crippen MR) is 104 cm³/mol. The van der Waals surface area contributed by atoms with Crippen molar-refractivity contribution in [3.8, 4) is 5.75 Å². The maximum absolute atomic E-state index is 12.0. The number of halogens is 1. The molecule has 0 atom stereocenters. The van der Waals surface area contributed by atoms with Gasteiger partial charge < -0.3 is 19.3 Å². The van der Waals surface area contributed by atoms with Crippen LogP contribution in [-0.4, -0.2) is 36.5 Å². The van der Waals surface area contributed by atoms with Crippen LogP contribution in [0.4, 0.5) is 5.69 Å². The van der Waals surface area contributed by atoms with Crippen molar-refractivity contribution in [1.29, 1.82) is 0 Å². The van der Waals surface area contributed by atoms with Gasteiger partial charge in [-0.3, -0.25) is 9.59 Å². The molecule has 0 saturated heterocycles. The third kappa shape index (κ3) is 5.90. The number of esters is 1. The van der Waals surface area contributed by atoms with Crippen LogP contribution in [0.1, 0.15) is 22.6 Å². The first-order chi connectivity index (χ1) is 12.8. The first-order valence-corrected chi connectivity index (χ1v) is 9.64. The standard InChI is InChI=1S/C18H21ClN2O5S/c1-10-5-15(16(24-4)6-14(10)19)20-17(22)7-25-18(23)9-27-8-13-11(2)21-26-12(13)3/h5-6H,7-9H2,1-4H3,(H,20,22). The highest BCUT2D eigenvalue weighted by molar-refractivity contribution is 7.99. The third-order valence-corrected chi connectivity index (χ3v) is 5.11. The summed E-state index contributed by atoms with van der Waals surface area (Å²) in [6, 6.07) is 3.31. The third-order valence-electron chi connectivity index (χ3n) is 3.77. The van der Waals surface area contributed by atoms with Crippen LogP contribution in [0.2, 0.25) is 5.02 Å². The predicted octanol–water partition coefficient (Wildman–Crippen LogP) is 3.68.